The van der Waals surface area contributed by atoms with Gasteiger partial charge in [-0.1, -0.05) is 84.9 Å². The first-order valence-electron chi connectivity index (χ1n) is 11.6. The van der Waals surface area contributed by atoms with Crippen molar-refractivity contribution < 1.29 is 0 Å². The van der Waals surface area contributed by atoms with Crippen LogP contribution in [0.1, 0.15) is 45.4 Å². The number of aromatic nitrogens is 2. The Hall–Kier alpha value is -3.50. The summed E-state index contributed by atoms with van der Waals surface area (Å²) in [4.78, 5) is 21.2. The molecule has 1 aliphatic heterocycles. The van der Waals surface area contributed by atoms with Crippen LogP contribution < -0.4 is 5.56 Å². The minimum Gasteiger partial charge on any atom is -0.293 e. The van der Waals surface area contributed by atoms with Gasteiger partial charge in [0.25, 0.3) is 5.56 Å². The van der Waals surface area contributed by atoms with Gasteiger partial charge < -0.3 is 0 Å². The molecule has 33 heavy (non-hydrogen) atoms. The van der Waals surface area contributed by atoms with Crippen molar-refractivity contribution in [3.8, 4) is 0 Å². The Balaban J connectivity index is 1.53. The zero-order valence-electron chi connectivity index (χ0n) is 19.2. The summed E-state index contributed by atoms with van der Waals surface area (Å²) in [6.45, 7) is 6.57. The molecule has 166 valence electrons. The summed E-state index contributed by atoms with van der Waals surface area (Å²) in [7, 11) is 0. The topological polar surface area (TPSA) is 38.1 Å². The molecule has 0 saturated carbocycles. The second kappa shape index (κ2) is 9.16. The number of aryl methyl sites for hydroxylation is 2. The van der Waals surface area contributed by atoms with Crippen LogP contribution >= 0.6 is 0 Å². The third-order valence-electron chi connectivity index (χ3n) is 6.67. The van der Waals surface area contributed by atoms with Crippen LogP contribution in [0.25, 0.3) is 0 Å². The van der Waals surface area contributed by atoms with Crippen LogP contribution in [0.3, 0.4) is 0 Å². The van der Waals surface area contributed by atoms with Crippen molar-refractivity contribution in [2.75, 3.05) is 6.54 Å². The van der Waals surface area contributed by atoms with Crippen molar-refractivity contribution in [3.63, 3.8) is 0 Å². The van der Waals surface area contributed by atoms with Gasteiger partial charge in [0.1, 0.15) is 5.82 Å². The molecule has 0 saturated heterocycles. The number of hydrogen-bond acceptors (Lipinski definition) is 3. The van der Waals surface area contributed by atoms with E-state index in [1.807, 2.05) is 47.9 Å². The van der Waals surface area contributed by atoms with Crippen molar-refractivity contribution in [2.24, 2.45) is 0 Å². The van der Waals surface area contributed by atoms with E-state index in [4.69, 9.17) is 4.98 Å². The number of fused-ring (bicyclic) bond motifs is 1. The van der Waals surface area contributed by atoms with Gasteiger partial charge in [0.2, 0.25) is 0 Å². The van der Waals surface area contributed by atoms with Crippen LogP contribution in [0.15, 0.2) is 89.7 Å². The van der Waals surface area contributed by atoms with Crippen LogP contribution in [0.5, 0.6) is 0 Å². The quantitative estimate of drug-likeness (QED) is 0.440. The highest BCUT2D eigenvalue weighted by atomic mass is 16.1. The molecule has 4 heteroatoms. The van der Waals surface area contributed by atoms with Crippen LogP contribution in [-0.2, 0) is 19.5 Å². The first kappa shape index (κ1) is 21.4. The molecule has 1 aromatic heterocycles. The highest BCUT2D eigenvalue weighted by molar-refractivity contribution is 5.35. The van der Waals surface area contributed by atoms with Gasteiger partial charge in [-0.15, -0.1) is 0 Å². The Kier molecular flexibility index (Phi) is 5.93. The molecule has 0 unspecified atom stereocenters. The lowest BCUT2D eigenvalue weighted by Gasteiger charge is -2.30. The molecule has 2 heterocycles. The highest BCUT2D eigenvalue weighted by Crippen LogP contribution is 2.27. The van der Waals surface area contributed by atoms with E-state index in [1.54, 1.807) is 0 Å². The Morgan fingerprint density at radius 1 is 0.848 bits per heavy atom. The van der Waals surface area contributed by atoms with Gasteiger partial charge in [0.15, 0.2) is 0 Å². The summed E-state index contributed by atoms with van der Waals surface area (Å²) in [5.41, 5.74) is 6.69. The van der Waals surface area contributed by atoms with Gasteiger partial charge in [0, 0.05) is 25.2 Å². The normalized spacial score (nSPS) is 13.8. The average molecular weight is 436 g/mol. The van der Waals surface area contributed by atoms with E-state index in [1.165, 1.54) is 11.1 Å². The summed E-state index contributed by atoms with van der Waals surface area (Å²) < 4.78 is 1.89. The molecule has 1 aliphatic rings. The van der Waals surface area contributed by atoms with E-state index in [2.05, 4.69) is 60.4 Å². The van der Waals surface area contributed by atoms with Crippen LogP contribution in [0.2, 0.25) is 0 Å². The minimum absolute atomic E-state index is 0.0887. The molecule has 0 aliphatic carbocycles. The maximum Gasteiger partial charge on any atom is 0.257 e. The van der Waals surface area contributed by atoms with E-state index < -0.39 is 0 Å². The van der Waals surface area contributed by atoms with Gasteiger partial charge in [-0.25, -0.2) is 4.98 Å². The van der Waals surface area contributed by atoms with Gasteiger partial charge in [-0.3, -0.25) is 14.3 Å². The SMILES string of the molecule is Cc1ccccc1CN1CCc2c(nc(C)n(C(c3ccccc3)c3ccccc3)c2=O)C1. The maximum atomic E-state index is 13.8. The number of nitrogens with zero attached hydrogens (tertiary/aromatic N) is 3. The Bertz CT molecular complexity index is 1270. The van der Waals surface area contributed by atoms with Crippen molar-refractivity contribution in [3.05, 3.63) is 135 Å². The molecule has 4 nitrogen and oxygen atoms in total. The maximum absolute atomic E-state index is 13.8. The summed E-state index contributed by atoms with van der Waals surface area (Å²) in [5.74, 6) is 0.759. The lowest BCUT2D eigenvalue weighted by atomic mass is 9.97. The van der Waals surface area contributed by atoms with E-state index in [9.17, 15) is 4.79 Å². The van der Waals surface area contributed by atoms with Crippen molar-refractivity contribution >= 4 is 0 Å². The largest absolute Gasteiger partial charge is 0.293 e. The summed E-state index contributed by atoms with van der Waals surface area (Å²) in [6, 6.07) is 28.8. The zero-order chi connectivity index (χ0) is 22.8. The Morgan fingerprint density at radius 2 is 1.45 bits per heavy atom. The average Bonchev–Trinajstić information content (AvgIpc) is 2.84. The van der Waals surface area contributed by atoms with Gasteiger partial charge in [-0.05, 0) is 42.5 Å². The van der Waals surface area contributed by atoms with E-state index >= 15 is 0 Å². The number of rotatable bonds is 5. The molecule has 0 fully saturated rings. The molecule has 4 aromatic rings. The molecule has 0 N–H and O–H groups in total. The number of hydrogen-bond donors (Lipinski definition) is 0. The fourth-order valence-corrected chi connectivity index (χ4v) is 4.90. The fourth-order valence-electron chi connectivity index (χ4n) is 4.90. The zero-order valence-corrected chi connectivity index (χ0v) is 19.2. The first-order valence-corrected chi connectivity index (χ1v) is 11.6. The van der Waals surface area contributed by atoms with E-state index in [0.717, 1.165) is 47.7 Å². The lowest BCUT2D eigenvalue weighted by Crippen LogP contribution is -2.39. The molecular formula is C29H29N3O. The number of benzene rings is 3. The van der Waals surface area contributed by atoms with Gasteiger partial charge >= 0.3 is 0 Å². The minimum atomic E-state index is -0.192. The van der Waals surface area contributed by atoms with Gasteiger partial charge in [-0.2, -0.15) is 0 Å². The molecule has 0 bridgehead atoms. The van der Waals surface area contributed by atoms with E-state index in [0.29, 0.717) is 6.54 Å². The molecule has 0 spiro atoms. The Morgan fingerprint density at radius 3 is 2.09 bits per heavy atom. The highest BCUT2D eigenvalue weighted by Gasteiger charge is 2.26. The fraction of sp³-hybridized carbons (Fsp3) is 0.241. The molecule has 5 rings (SSSR count). The standard InChI is InChI=1S/C29H29N3O/c1-21-11-9-10-16-25(21)19-31-18-17-26-27(20-31)30-22(2)32(29(26)33)28(23-12-5-3-6-13-23)24-14-7-4-8-15-24/h3-16,28H,17-20H2,1-2H3. The summed E-state index contributed by atoms with van der Waals surface area (Å²) in [5, 5.41) is 0. The predicted octanol–water partition coefficient (Wildman–Crippen LogP) is 5.06. The molecular weight excluding hydrogens is 406 g/mol. The van der Waals surface area contributed by atoms with Crippen LogP contribution in [0, 0.1) is 13.8 Å². The Labute approximate surface area is 195 Å². The van der Waals surface area contributed by atoms with Crippen LogP contribution in [-0.4, -0.2) is 21.0 Å². The molecule has 3 aromatic carbocycles. The molecule has 0 radical (unpaired) electrons. The van der Waals surface area contributed by atoms with E-state index in [-0.39, 0.29) is 11.6 Å². The van der Waals surface area contributed by atoms with Crippen LogP contribution in [0.4, 0.5) is 0 Å². The summed E-state index contributed by atoms with van der Waals surface area (Å²) in [6.07, 6.45) is 0.726. The van der Waals surface area contributed by atoms with Gasteiger partial charge in [0.05, 0.1) is 11.7 Å². The first-order chi connectivity index (χ1) is 16.1. The predicted molar refractivity (Wildman–Crippen MR) is 132 cm³/mol. The summed E-state index contributed by atoms with van der Waals surface area (Å²) >= 11 is 0. The second-order valence-electron chi connectivity index (χ2n) is 8.87. The molecule has 0 amide bonds. The van der Waals surface area contributed by atoms with Crippen molar-refractivity contribution in [1.82, 2.24) is 14.5 Å². The monoisotopic (exact) mass is 435 g/mol. The second-order valence-corrected chi connectivity index (χ2v) is 8.87. The van der Waals surface area contributed by atoms with Crippen molar-refractivity contribution in [2.45, 2.75) is 39.4 Å². The third kappa shape index (κ3) is 4.27. The third-order valence-corrected chi connectivity index (χ3v) is 6.67. The lowest BCUT2D eigenvalue weighted by molar-refractivity contribution is 0.238. The van der Waals surface area contributed by atoms with Crippen molar-refractivity contribution in [1.29, 1.82) is 0 Å². The smallest absolute Gasteiger partial charge is 0.257 e. The molecule has 0 atom stereocenters.